The average Bonchev–Trinajstić information content (AvgIpc) is 2.95. The van der Waals surface area contributed by atoms with Crippen molar-refractivity contribution < 1.29 is 23.9 Å². The molecule has 2 N–H and O–H groups in total. The van der Waals surface area contributed by atoms with Crippen LogP contribution in [0.25, 0.3) is 6.08 Å². The number of nitrogens with zero attached hydrogens (tertiary/aromatic N) is 1. The first-order valence-electron chi connectivity index (χ1n) is 8.88. The number of primary amides is 1. The number of amides is 3. The lowest BCUT2D eigenvalue weighted by Crippen LogP contribution is -2.36. The largest absolute Gasteiger partial charge is 0.490 e. The van der Waals surface area contributed by atoms with Crippen molar-refractivity contribution in [1.82, 2.24) is 4.90 Å². The third-order valence-electron chi connectivity index (χ3n) is 4.01. The number of imide groups is 1. The Morgan fingerprint density at radius 2 is 1.55 bits per heavy atom. The van der Waals surface area contributed by atoms with Gasteiger partial charge < -0.3 is 15.2 Å². The van der Waals surface area contributed by atoms with Crippen LogP contribution in [0.2, 0.25) is 0 Å². The average molecular weight is 412 g/mol. The second-order valence-corrected chi connectivity index (χ2v) is 7.31. The van der Waals surface area contributed by atoms with Gasteiger partial charge in [0.25, 0.3) is 11.1 Å². The molecule has 0 radical (unpaired) electrons. The number of rotatable bonds is 8. The minimum atomic E-state index is -0.735. The van der Waals surface area contributed by atoms with Gasteiger partial charge in [-0.2, -0.15) is 0 Å². The molecule has 2 aromatic rings. The quantitative estimate of drug-likeness (QED) is 0.529. The Morgan fingerprint density at radius 1 is 1.00 bits per heavy atom. The predicted octanol–water partition coefficient (Wildman–Crippen LogP) is 2.97. The van der Waals surface area contributed by atoms with Gasteiger partial charge in [0.2, 0.25) is 5.91 Å². The minimum absolute atomic E-state index is 0.247. The van der Waals surface area contributed by atoms with Gasteiger partial charge in [0.05, 0.1) is 4.91 Å². The van der Waals surface area contributed by atoms with E-state index in [4.69, 9.17) is 15.2 Å². The Bertz CT molecular complexity index is 939. The fourth-order valence-electron chi connectivity index (χ4n) is 2.56. The molecular formula is C21H20N2O5S. The Morgan fingerprint density at radius 3 is 2.10 bits per heavy atom. The van der Waals surface area contributed by atoms with E-state index in [1.165, 1.54) is 5.56 Å². The highest BCUT2D eigenvalue weighted by Crippen LogP contribution is 2.32. The van der Waals surface area contributed by atoms with Crippen LogP contribution in [-0.4, -0.2) is 41.7 Å². The third-order valence-corrected chi connectivity index (χ3v) is 4.91. The van der Waals surface area contributed by atoms with Crippen LogP contribution >= 0.6 is 11.8 Å². The molecule has 0 aromatic heterocycles. The molecule has 0 unspecified atom stereocenters. The highest BCUT2D eigenvalue weighted by Gasteiger charge is 2.35. The van der Waals surface area contributed by atoms with Crippen molar-refractivity contribution in [1.29, 1.82) is 0 Å². The van der Waals surface area contributed by atoms with Gasteiger partial charge in [-0.3, -0.25) is 19.3 Å². The highest BCUT2D eigenvalue weighted by atomic mass is 32.2. The first-order chi connectivity index (χ1) is 13.9. The summed E-state index contributed by atoms with van der Waals surface area (Å²) in [6.07, 6.45) is 1.59. The summed E-state index contributed by atoms with van der Waals surface area (Å²) >= 11 is 0.781. The van der Waals surface area contributed by atoms with E-state index in [9.17, 15) is 14.4 Å². The fraction of sp³-hybridized carbons (Fsp3) is 0.190. The number of carbonyl (C=O) groups is 3. The second-order valence-electron chi connectivity index (χ2n) is 6.31. The smallest absolute Gasteiger partial charge is 0.294 e. The normalized spacial score (nSPS) is 15.1. The van der Waals surface area contributed by atoms with Crippen molar-refractivity contribution in [2.45, 2.75) is 6.92 Å². The molecule has 1 fully saturated rings. The summed E-state index contributed by atoms with van der Waals surface area (Å²) in [6.45, 7) is 2.40. The highest BCUT2D eigenvalue weighted by molar-refractivity contribution is 8.18. The minimum Gasteiger partial charge on any atom is -0.490 e. The van der Waals surface area contributed by atoms with Gasteiger partial charge in [-0.15, -0.1) is 0 Å². The van der Waals surface area contributed by atoms with Crippen LogP contribution in [0.1, 0.15) is 11.1 Å². The number of aryl methyl sites for hydroxylation is 1. The van der Waals surface area contributed by atoms with E-state index in [1.54, 1.807) is 30.3 Å². The number of benzene rings is 2. The lowest BCUT2D eigenvalue weighted by Gasteiger charge is -2.09. The summed E-state index contributed by atoms with van der Waals surface area (Å²) in [6, 6.07) is 14.9. The van der Waals surface area contributed by atoms with E-state index >= 15 is 0 Å². The third kappa shape index (κ3) is 5.61. The van der Waals surface area contributed by atoms with Crippen LogP contribution in [-0.2, 0) is 9.59 Å². The van der Waals surface area contributed by atoms with Gasteiger partial charge in [-0.05, 0) is 54.6 Å². The van der Waals surface area contributed by atoms with Crippen LogP contribution < -0.4 is 15.2 Å². The number of hydrogen-bond donors (Lipinski definition) is 1. The maximum absolute atomic E-state index is 12.2. The molecule has 7 nitrogen and oxygen atoms in total. The van der Waals surface area contributed by atoms with E-state index in [0.717, 1.165) is 28.0 Å². The van der Waals surface area contributed by atoms with Crippen molar-refractivity contribution in [2.75, 3.05) is 19.8 Å². The van der Waals surface area contributed by atoms with Crippen LogP contribution in [0, 0.1) is 6.92 Å². The topological polar surface area (TPSA) is 98.9 Å². The Balaban J connectivity index is 1.51. The first kappa shape index (κ1) is 20.5. The molecule has 29 heavy (non-hydrogen) atoms. The molecule has 3 rings (SSSR count). The Labute approximate surface area is 172 Å². The van der Waals surface area contributed by atoms with Gasteiger partial charge >= 0.3 is 0 Å². The summed E-state index contributed by atoms with van der Waals surface area (Å²) in [5, 5.41) is -0.506. The standard InChI is InChI=1S/C21H20N2O5S/c1-14-2-6-16(7-3-14)27-10-11-28-17-8-4-15(5-9-17)12-18-20(25)23(13-19(22)24)21(26)29-18/h2-9,12H,10-11,13H2,1H3,(H2,22,24)/b18-12-. The summed E-state index contributed by atoms with van der Waals surface area (Å²) < 4.78 is 11.3. The van der Waals surface area contributed by atoms with Gasteiger partial charge in [0.15, 0.2) is 0 Å². The summed E-state index contributed by atoms with van der Waals surface area (Å²) in [5.74, 6) is 0.199. The number of thioether (sulfide) groups is 1. The van der Waals surface area contributed by atoms with Crippen LogP contribution in [0.4, 0.5) is 4.79 Å². The second kappa shape index (κ2) is 9.29. The van der Waals surface area contributed by atoms with E-state index < -0.39 is 23.6 Å². The number of nitrogens with two attached hydrogens (primary N) is 1. The molecule has 3 amide bonds. The van der Waals surface area contributed by atoms with Crippen molar-refractivity contribution in [3.63, 3.8) is 0 Å². The molecule has 2 aromatic carbocycles. The molecule has 1 aliphatic rings. The van der Waals surface area contributed by atoms with Crippen LogP contribution in [0.5, 0.6) is 11.5 Å². The first-order valence-corrected chi connectivity index (χ1v) is 9.70. The van der Waals surface area contributed by atoms with E-state index in [2.05, 4.69) is 0 Å². The monoisotopic (exact) mass is 412 g/mol. The van der Waals surface area contributed by atoms with E-state index in [0.29, 0.717) is 19.0 Å². The molecular weight excluding hydrogens is 392 g/mol. The van der Waals surface area contributed by atoms with E-state index in [-0.39, 0.29) is 4.91 Å². The van der Waals surface area contributed by atoms with Crippen molar-refractivity contribution >= 4 is 34.9 Å². The molecule has 0 spiro atoms. The number of carbonyl (C=O) groups excluding carboxylic acids is 3. The number of ether oxygens (including phenoxy) is 2. The van der Waals surface area contributed by atoms with Crippen molar-refractivity contribution in [3.8, 4) is 11.5 Å². The summed E-state index contributed by atoms with van der Waals surface area (Å²) in [5.41, 5.74) is 6.97. The SMILES string of the molecule is Cc1ccc(OCCOc2ccc(/C=C3\SC(=O)N(CC(N)=O)C3=O)cc2)cc1. The Kier molecular flexibility index (Phi) is 6.56. The maximum atomic E-state index is 12.2. The fourth-order valence-corrected chi connectivity index (χ4v) is 3.40. The molecule has 0 aliphatic carbocycles. The van der Waals surface area contributed by atoms with Gasteiger partial charge in [-0.25, -0.2) is 0 Å². The molecule has 8 heteroatoms. The number of hydrogen-bond acceptors (Lipinski definition) is 6. The van der Waals surface area contributed by atoms with Crippen LogP contribution in [0.3, 0.4) is 0 Å². The van der Waals surface area contributed by atoms with Gasteiger partial charge in [0, 0.05) is 0 Å². The molecule has 150 valence electrons. The van der Waals surface area contributed by atoms with Gasteiger partial charge in [0.1, 0.15) is 31.3 Å². The zero-order valence-corrected chi connectivity index (χ0v) is 16.6. The summed E-state index contributed by atoms with van der Waals surface area (Å²) in [7, 11) is 0. The maximum Gasteiger partial charge on any atom is 0.294 e. The zero-order valence-electron chi connectivity index (χ0n) is 15.8. The predicted molar refractivity (Wildman–Crippen MR) is 110 cm³/mol. The molecule has 0 bridgehead atoms. The lowest BCUT2D eigenvalue weighted by atomic mass is 10.2. The van der Waals surface area contributed by atoms with Crippen molar-refractivity contribution in [2.24, 2.45) is 5.73 Å². The molecule has 1 heterocycles. The molecule has 1 saturated heterocycles. The lowest BCUT2D eigenvalue weighted by molar-refractivity contribution is -0.127. The zero-order chi connectivity index (χ0) is 20.8. The van der Waals surface area contributed by atoms with E-state index in [1.807, 2.05) is 31.2 Å². The molecule has 0 atom stereocenters. The molecule has 0 saturated carbocycles. The van der Waals surface area contributed by atoms with Crippen LogP contribution in [0.15, 0.2) is 53.4 Å². The van der Waals surface area contributed by atoms with Crippen molar-refractivity contribution in [3.05, 3.63) is 64.6 Å². The Hall–Kier alpha value is -3.26. The van der Waals surface area contributed by atoms with Gasteiger partial charge in [-0.1, -0.05) is 29.8 Å². The summed E-state index contributed by atoms with van der Waals surface area (Å²) in [4.78, 5) is 36.1. The molecule has 1 aliphatic heterocycles.